The largest absolute Gasteiger partial charge is 0.324 e. The van der Waals surface area contributed by atoms with Gasteiger partial charge in [0.25, 0.3) is 5.91 Å². The predicted molar refractivity (Wildman–Crippen MR) is 112 cm³/mol. The van der Waals surface area contributed by atoms with E-state index in [9.17, 15) is 4.79 Å². The number of carbonyl (C=O) groups excluding carboxylic acids is 1. The van der Waals surface area contributed by atoms with Crippen LogP contribution in [0.2, 0.25) is 5.02 Å². The fourth-order valence-electron chi connectivity index (χ4n) is 3.04. The van der Waals surface area contributed by atoms with E-state index in [1.807, 2.05) is 79.3 Å². The van der Waals surface area contributed by atoms with Crippen LogP contribution in [0, 0.1) is 6.92 Å². The summed E-state index contributed by atoms with van der Waals surface area (Å²) in [4.78, 5) is 19.5. The van der Waals surface area contributed by atoms with Gasteiger partial charge in [0.1, 0.15) is 0 Å². The lowest BCUT2D eigenvalue weighted by atomic mass is 10.1. The van der Waals surface area contributed by atoms with Crippen molar-refractivity contribution < 1.29 is 4.79 Å². The summed E-state index contributed by atoms with van der Waals surface area (Å²) >= 11 is 7.56. The van der Waals surface area contributed by atoms with Crippen molar-refractivity contribution in [1.82, 2.24) is 9.55 Å². The van der Waals surface area contributed by atoms with E-state index in [2.05, 4.69) is 4.98 Å². The fourth-order valence-corrected chi connectivity index (χ4v) is 4.22. The van der Waals surface area contributed by atoms with Crippen LogP contribution < -0.4 is 4.90 Å². The molecule has 0 unspecified atom stereocenters. The Labute approximate surface area is 166 Å². The standard InChI is InChI=1S/C21H18ClN3OS/c1-3-25(21-23-17-13-16(22)8-9-19(17)27-21)20(26)15-7-6-14(2)18(12-15)24-10-4-5-11-24/h4-13H,3H2,1-2H3. The summed E-state index contributed by atoms with van der Waals surface area (Å²) in [6, 6.07) is 15.3. The van der Waals surface area contributed by atoms with Gasteiger partial charge >= 0.3 is 0 Å². The molecular formula is C21H18ClN3OS. The molecular weight excluding hydrogens is 378 g/mol. The number of amides is 1. The molecule has 4 rings (SSSR count). The number of aryl methyl sites for hydroxylation is 1. The molecule has 0 saturated carbocycles. The maximum atomic E-state index is 13.2. The van der Waals surface area contributed by atoms with E-state index in [0.29, 0.717) is 22.3 Å². The van der Waals surface area contributed by atoms with Gasteiger partial charge in [0.15, 0.2) is 5.13 Å². The highest BCUT2D eigenvalue weighted by molar-refractivity contribution is 7.22. The molecule has 2 aromatic heterocycles. The molecule has 6 heteroatoms. The van der Waals surface area contributed by atoms with Crippen molar-refractivity contribution in [2.45, 2.75) is 13.8 Å². The Bertz CT molecular complexity index is 1120. The average Bonchev–Trinajstić information content (AvgIpc) is 3.32. The van der Waals surface area contributed by atoms with E-state index in [0.717, 1.165) is 21.5 Å². The van der Waals surface area contributed by atoms with E-state index >= 15 is 0 Å². The minimum atomic E-state index is -0.0592. The van der Waals surface area contributed by atoms with Crippen molar-refractivity contribution in [3.63, 3.8) is 0 Å². The van der Waals surface area contributed by atoms with Crippen LogP contribution in [0.25, 0.3) is 15.9 Å². The molecule has 0 aliphatic rings. The molecule has 0 fully saturated rings. The van der Waals surface area contributed by atoms with Crippen LogP contribution in [-0.4, -0.2) is 22.0 Å². The number of benzene rings is 2. The second-order valence-corrected chi connectivity index (χ2v) is 7.70. The number of halogens is 1. The molecule has 0 atom stereocenters. The molecule has 0 radical (unpaired) electrons. The van der Waals surface area contributed by atoms with Gasteiger partial charge in [0.05, 0.1) is 10.2 Å². The Kier molecular flexibility index (Phi) is 4.72. The number of thiazole rings is 1. The van der Waals surface area contributed by atoms with E-state index in [-0.39, 0.29) is 5.91 Å². The van der Waals surface area contributed by atoms with Gasteiger partial charge in [-0.2, -0.15) is 0 Å². The lowest BCUT2D eigenvalue weighted by Gasteiger charge is -2.18. The fraction of sp³-hybridized carbons (Fsp3) is 0.143. The van der Waals surface area contributed by atoms with Gasteiger partial charge < -0.3 is 4.57 Å². The summed E-state index contributed by atoms with van der Waals surface area (Å²) in [6.07, 6.45) is 3.96. The van der Waals surface area contributed by atoms with Crippen LogP contribution in [0.1, 0.15) is 22.8 Å². The number of hydrogen-bond donors (Lipinski definition) is 0. The first-order valence-electron chi connectivity index (χ1n) is 8.69. The van der Waals surface area contributed by atoms with E-state index in [1.54, 1.807) is 4.90 Å². The Morgan fingerprint density at radius 1 is 1.19 bits per heavy atom. The Hall–Kier alpha value is -2.63. The van der Waals surface area contributed by atoms with Gasteiger partial charge in [-0.15, -0.1) is 0 Å². The van der Waals surface area contributed by atoms with E-state index in [4.69, 9.17) is 11.6 Å². The summed E-state index contributed by atoms with van der Waals surface area (Å²) < 4.78 is 3.03. The minimum absolute atomic E-state index is 0.0592. The smallest absolute Gasteiger partial charge is 0.260 e. The van der Waals surface area contributed by atoms with Gasteiger partial charge in [0, 0.05) is 35.2 Å². The topological polar surface area (TPSA) is 38.1 Å². The van der Waals surface area contributed by atoms with Crippen molar-refractivity contribution in [1.29, 1.82) is 0 Å². The Balaban J connectivity index is 1.72. The summed E-state index contributed by atoms with van der Waals surface area (Å²) in [5, 5.41) is 1.33. The zero-order chi connectivity index (χ0) is 19.0. The van der Waals surface area contributed by atoms with Crippen molar-refractivity contribution in [3.8, 4) is 5.69 Å². The van der Waals surface area contributed by atoms with Crippen molar-refractivity contribution >= 4 is 44.2 Å². The zero-order valence-electron chi connectivity index (χ0n) is 15.0. The average molecular weight is 396 g/mol. The number of rotatable bonds is 4. The molecule has 136 valence electrons. The summed E-state index contributed by atoms with van der Waals surface area (Å²) in [7, 11) is 0. The minimum Gasteiger partial charge on any atom is -0.324 e. The number of carbonyl (C=O) groups is 1. The number of fused-ring (bicyclic) bond motifs is 1. The first kappa shape index (κ1) is 17.8. The van der Waals surface area contributed by atoms with Gasteiger partial charge in [-0.1, -0.05) is 29.0 Å². The molecule has 27 heavy (non-hydrogen) atoms. The van der Waals surface area contributed by atoms with Gasteiger partial charge in [-0.3, -0.25) is 9.69 Å². The highest BCUT2D eigenvalue weighted by Crippen LogP contribution is 2.31. The Morgan fingerprint density at radius 2 is 1.96 bits per heavy atom. The molecule has 0 aliphatic carbocycles. The molecule has 0 saturated heterocycles. The maximum Gasteiger partial charge on any atom is 0.260 e. The zero-order valence-corrected chi connectivity index (χ0v) is 16.6. The third-order valence-corrected chi connectivity index (χ3v) is 5.76. The van der Waals surface area contributed by atoms with Crippen LogP contribution in [0.4, 0.5) is 5.13 Å². The third-order valence-electron chi connectivity index (χ3n) is 4.47. The molecule has 2 aromatic carbocycles. The molecule has 2 heterocycles. The van der Waals surface area contributed by atoms with Crippen LogP contribution in [0.3, 0.4) is 0 Å². The molecule has 0 N–H and O–H groups in total. The molecule has 4 nitrogen and oxygen atoms in total. The van der Waals surface area contributed by atoms with E-state index < -0.39 is 0 Å². The van der Waals surface area contributed by atoms with Crippen molar-refractivity contribution in [3.05, 3.63) is 77.1 Å². The lowest BCUT2D eigenvalue weighted by Crippen LogP contribution is -2.30. The normalized spacial score (nSPS) is 11.1. The van der Waals surface area contributed by atoms with Crippen molar-refractivity contribution in [2.75, 3.05) is 11.4 Å². The van der Waals surface area contributed by atoms with Gasteiger partial charge in [-0.05, 0) is 61.9 Å². The summed E-state index contributed by atoms with van der Waals surface area (Å²) in [5.41, 5.74) is 3.56. The first-order chi connectivity index (χ1) is 13.1. The number of aromatic nitrogens is 2. The Morgan fingerprint density at radius 3 is 2.70 bits per heavy atom. The number of nitrogens with zero attached hydrogens (tertiary/aromatic N) is 3. The maximum absolute atomic E-state index is 13.2. The molecule has 4 aromatic rings. The van der Waals surface area contributed by atoms with Gasteiger partial charge in [0.2, 0.25) is 0 Å². The van der Waals surface area contributed by atoms with Crippen LogP contribution in [0.15, 0.2) is 60.9 Å². The lowest BCUT2D eigenvalue weighted by molar-refractivity contribution is 0.0988. The monoisotopic (exact) mass is 395 g/mol. The second-order valence-electron chi connectivity index (χ2n) is 6.25. The SMILES string of the molecule is CCN(C(=O)c1ccc(C)c(-n2cccc2)c1)c1nc2cc(Cl)ccc2s1. The molecule has 1 amide bonds. The van der Waals surface area contributed by atoms with Crippen LogP contribution in [-0.2, 0) is 0 Å². The van der Waals surface area contributed by atoms with Crippen LogP contribution in [0.5, 0.6) is 0 Å². The number of hydrogen-bond acceptors (Lipinski definition) is 3. The third kappa shape index (κ3) is 3.36. The summed E-state index contributed by atoms with van der Waals surface area (Å²) in [6.45, 7) is 4.54. The second kappa shape index (κ2) is 7.18. The van der Waals surface area contributed by atoms with Gasteiger partial charge in [-0.25, -0.2) is 4.98 Å². The molecule has 0 spiro atoms. The first-order valence-corrected chi connectivity index (χ1v) is 9.88. The number of anilines is 1. The summed E-state index contributed by atoms with van der Waals surface area (Å²) in [5.74, 6) is -0.0592. The highest BCUT2D eigenvalue weighted by atomic mass is 35.5. The predicted octanol–water partition coefficient (Wildman–Crippen LogP) is 5.72. The van der Waals surface area contributed by atoms with Crippen molar-refractivity contribution in [2.24, 2.45) is 0 Å². The quantitative estimate of drug-likeness (QED) is 0.443. The highest BCUT2D eigenvalue weighted by Gasteiger charge is 2.20. The van der Waals surface area contributed by atoms with E-state index in [1.165, 1.54) is 11.3 Å². The van der Waals surface area contributed by atoms with Crippen LogP contribution >= 0.6 is 22.9 Å². The molecule has 0 bridgehead atoms. The molecule has 0 aliphatic heterocycles.